The minimum absolute atomic E-state index is 0.186. The van der Waals surface area contributed by atoms with Crippen LogP contribution >= 0.6 is 0 Å². The van der Waals surface area contributed by atoms with Gasteiger partial charge in [-0.1, -0.05) is 24.3 Å². The van der Waals surface area contributed by atoms with E-state index in [2.05, 4.69) is 16.0 Å². The number of alkyl carbamates (subject to hydrolysis) is 1. The number of amides is 3. The summed E-state index contributed by atoms with van der Waals surface area (Å²) in [5.41, 5.74) is 0.390. The average Bonchev–Trinajstić information content (AvgIpc) is 2.66. The van der Waals surface area contributed by atoms with Crippen molar-refractivity contribution in [3.63, 3.8) is 0 Å². The van der Waals surface area contributed by atoms with Gasteiger partial charge in [-0.25, -0.2) is 4.79 Å². The molecule has 0 saturated carbocycles. The fraction of sp³-hybridized carbons (Fsp3) is 0.318. The van der Waals surface area contributed by atoms with Crippen LogP contribution in [0.1, 0.15) is 27.2 Å². The summed E-state index contributed by atoms with van der Waals surface area (Å²) in [6, 6.07) is 16.0. The average molecular weight is 413 g/mol. The number of nitrogens with one attached hydrogen (secondary N) is 3. The van der Waals surface area contributed by atoms with E-state index in [1.54, 1.807) is 45.0 Å². The molecule has 0 spiro atoms. The van der Waals surface area contributed by atoms with Gasteiger partial charge in [-0.3, -0.25) is 9.59 Å². The van der Waals surface area contributed by atoms with E-state index in [-0.39, 0.29) is 25.5 Å². The molecular weight excluding hydrogens is 386 g/mol. The summed E-state index contributed by atoms with van der Waals surface area (Å²) in [4.78, 5) is 35.7. The molecule has 0 heterocycles. The van der Waals surface area contributed by atoms with Gasteiger partial charge in [0.25, 0.3) is 0 Å². The highest BCUT2D eigenvalue weighted by molar-refractivity contribution is 5.95. The molecule has 8 heteroatoms. The Bertz CT molecular complexity index is 863. The molecule has 2 aromatic rings. The standard InChI is InChI=1S/C22H27N3O5/c1-22(2,3)30-21(28)23-15-20(27)25-17-9-7-8-16(14-17)24-19(26)12-13-29-18-10-5-4-6-11-18/h4-11,14H,12-13,15H2,1-3H3,(H,23,28)(H,24,26)(H,25,27). The first-order chi connectivity index (χ1) is 14.2. The molecule has 0 bridgehead atoms. The first kappa shape index (κ1) is 22.7. The van der Waals surface area contributed by atoms with Crippen molar-refractivity contribution in [3.05, 3.63) is 54.6 Å². The van der Waals surface area contributed by atoms with Gasteiger partial charge in [-0.05, 0) is 51.1 Å². The molecule has 0 fully saturated rings. The highest BCUT2D eigenvalue weighted by Crippen LogP contribution is 2.15. The molecule has 0 unspecified atom stereocenters. The molecule has 0 aromatic heterocycles. The summed E-state index contributed by atoms with van der Waals surface area (Å²) in [5, 5.41) is 7.80. The molecular formula is C22H27N3O5. The van der Waals surface area contributed by atoms with Crippen molar-refractivity contribution < 1.29 is 23.9 Å². The number of carbonyl (C=O) groups is 3. The smallest absolute Gasteiger partial charge is 0.408 e. The number of ether oxygens (including phenoxy) is 2. The van der Waals surface area contributed by atoms with Gasteiger partial charge in [-0.2, -0.15) is 0 Å². The number of hydrogen-bond donors (Lipinski definition) is 3. The van der Waals surface area contributed by atoms with E-state index < -0.39 is 17.6 Å². The van der Waals surface area contributed by atoms with Crippen molar-refractivity contribution in [2.75, 3.05) is 23.8 Å². The van der Waals surface area contributed by atoms with Crippen LogP contribution in [0.4, 0.5) is 16.2 Å². The van der Waals surface area contributed by atoms with Crippen molar-refractivity contribution >= 4 is 29.3 Å². The first-order valence-corrected chi connectivity index (χ1v) is 9.56. The van der Waals surface area contributed by atoms with E-state index in [0.29, 0.717) is 17.1 Å². The minimum atomic E-state index is -0.670. The zero-order chi connectivity index (χ0) is 22.0. The molecule has 0 atom stereocenters. The Morgan fingerprint density at radius 2 is 1.50 bits per heavy atom. The maximum Gasteiger partial charge on any atom is 0.408 e. The lowest BCUT2D eigenvalue weighted by Crippen LogP contribution is -2.37. The van der Waals surface area contributed by atoms with Crippen LogP contribution in [-0.2, 0) is 14.3 Å². The Kier molecular flexibility index (Phi) is 8.22. The van der Waals surface area contributed by atoms with Crippen LogP contribution in [-0.4, -0.2) is 36.7 Å². The van der Waals surface area contributed by atoms with E-state index in [9.17, 15) is 14.4 Å². The molecule has 0 aliphatic heterocycles. The van der Waals surface area contributed by atoms with Crippen LogP contribution in [0.3, 0.4) is 0 Å². The minimum Gasteiger partial charge on any atom is -0.493 e. The SMILES string of the molecule is CC(C)(C)OC(=O)NCC(=O)Nc1cccc(NC(=O)CCOc2ccccc2)c1. The molecule has 2 aromatic carbocycles. The first-order valence-electron chi connectivity index (χ1n) is 9.56. The van der Waals surface area contributed by atoms with Crippen LogP contribution in [0.2, 0.25) is 0 Å². The third-order valence-corrected chi connectivity index (χ3v) is 3.56. The van der Waals surface area contributed by atoms with Gasteiger partial charge in [-0.15, -0.1) is 0 Å². The Balaban J connectivity index is 1.76. The summed E-state index contributed by atoms with van der Waals surface area (Å²) in [5.74, 6) is 0.0802. The number of anilines is 2. The Morgan fingerprint density at radius 3 is 2.13 bits per heavy atom. The summed E-state index contributed by atoms with van der Waals surface area (Å²) < 4.78 is 10.6. The fourth-order valence-electron chi connectivity index (χ4n) is 2.35. The molecule has 0 aliphatic rings. The largest absolute Gasteiger partial charge is 0.493 e. The topological polar surface area (TPSA) is 106 Å². The van der Waals surface area contributed by atoms with Gasteiger partial charge in [0.15, 0.2) is 0 Å². The molecule has 30 heavy (non-hydrogen) atoms. The van der Waals surface area contributed by atoms with E-state index in [4.69, 9.17) is 9.47 Å². The molecule has 2 rings (SSSR count). The third kappa shape index (κ3) is 9.09. The molecule has 0 radical (unpaired) electrons. The van der Waals surface area contributed by atoms with Gasteiger partial charge in [0, 0.05) is 11.4 Å². The van der Waals surface area contributed by atoms with E-state index in [1.165, 1.54) is 0 Å². The van der Waals surface area contributed by atoms with Crippen LogP contribution in [0.5, 0.6) is 5.75 Å². The Morgan fingerprint density at radius 1 is 0.867 bits per heavy atom. The summed E-state index contributed by atoms with van der Waals surface area (Å²) in [6.07, 6.45) is -0.484. The Hall–Kier alpha value is -3.55. The van der Waals surface area contributed by atoms with Gasteiger partial charge < -0.3 is 25.4 Å². The quantitative estimate of drug-likeness (QED) is 0.614. The van der Waals surface area contributed by atoms with Gasteiger partial charge >= 0.3 is 6.09 Å². The predicted molar refractivity (Wildman–Crippen MR) is 114 cm³/mol. The summed E-state index contributed by atoms with van der Waals surface area (Å²) in [7, 11) is 0. The van der Waals surface area contributed by atoms with Crippen LogP contribution < -0.4 is 20.7 Å². The lowest BCUT2D eigenvalue weighted by atomic mass is 10.2. The predicted octanol–water partition coefficient (Wildman–Crippen LogP) is 3.56. The monoisotopic (exact) mass is 413 g/mol. The highest BCUT2D eigenvalue weighted by atomic mass is 16.6. The van der Waals surface area contributed by atoms with Crippen molar-refractivity contribution in [1.29, 1.82) is 0 Å². The van der Waals surface area contributed by atoms with Crippen LogP contribution in [0, 0.1) is 0 Å². The van der Waals surface area contributed by atoms with Gasteiger partial charge in [0.05, 0.1) is 13.0 Å². The lowest BCUT2D eigenvalue weighted by molar-refractivity contribution is -0.117. The molecule has 3 amide bonds. The highest BCUT2D eigenvalue weighted by Gasteiger charge is 2.16. The van der Waals surface area contributed by atoms with Crippen molar-refractivity contribution in [1.82, 2.24) is 5.32 Å². The molecule has 0 saturated heterocycles. The fourth-order valence-corrected chi connectivity index (χ4v) is 2.35. The van der Waals surface area contributed by atoms with Crippen molar-refractivity contribution in [3.8, 4) is 5.75 Å². The molecule has 160 valence electrons. The van der Waals surface area contributed by atoms with Gasteiger partial charge in [0.1, 0.15) is 17.9 Å². The second-order valence-corrected chi connectivity index (χ2v) is 7.44. The van der Waals surface area contributed by atoms with Crippen molar-refractivity contribution in [2.45, 2.75) is 32.8 Å². The molecule has 8 nitrogen and oxygen atoms in total. The molecule has 3 N–H and O–H groups in total. The van der Waals surface area contributed by atoms with Gasteiger partial charge in [0.2, 0.25) is 11.8 Å². The number of benzene rings is 2. The maximum absolute atomic E-state index is 12.1. The second-order valence-electron chi connectivity index (χ2n) is 7.44. The molecule has 0 aliphatic carbocycles. The second kappa shape index (κ2) is 10.8. The number of carbonyl (C=O) groups excluding carboxylic acids is 3. The third-order valence-electron chi connectivity index (χ3n) is 3.56. The van der Waals surface area contributed by atoms with E-state index in [0.717, 1.165) is 0 Å². The maximum atomic E-state index is 12.1. The summed E-state index contributed by atoms with van der Waals surface area (Å²) >= 11 is 0. The lowest BCUT2D eigenvalue weighted by Gasteiger charge is -2.19. The number of rotatable bonds is 8. The number of hydrogen-bond acceptors (Lipinski definition) is 5. The zero-order valence-electron chi connectivity index (χ0n) is 17.4. The normalized spacial score (nSPS) is 10.6. The number of para-hydroxylation sites is 1. The van der Waals surface area contributed by atoms with Crippen LogP contribution in [0.25, 0.3) is 0 Å². The van der Waals surface area contributed by atoms with Crippen molar-refractivity contribution in [2.24, 2.45) is 0 Å². The van der Waals surface area contributed by atoms with E-state index >= 15 is 0 Å². The van der Waals surface area contributed by atoms with Crippen LogP contribution in [0.15, 0.2) is 54.6 Å². The Labute approximate surface area is 175 Å². The zero-order valence-corrected chi connectivity index (χ0v) is 17.4. The summed E-state index contributed by atoms with van der Waals surface area (Å²) in [6.45, 7) is 5.23. The van der Waals surface area contributed by atoms with E-state index in [1.807, 2.05) is 30.3 Å².